The Balaban J connectivity index is 2.44. The van der Waals surface area contributed by atoms with Gasteiger partial charge in [0.05, 0.1) is 13.0 Å². The number of methoxy groups -OCH3 is 1. The molecule has 0 aromatic heterocycles. The summed E-state index contributed by atoms with van der Waals surface area (Å²) in [5.41, 5.74) is 1.13. The molecule has 1 aromatic carbocycles. The summed E-state index contributed by atoms with van der Waals surface area (Å²) in [6, 6.07) is 7.81. The molecule has 18 heavy (non-hydrogen) atoms. The number of para-hydroxylation sites is 1. The molecular formula is C14H21NO3. The molecule has 1 rings (SSSR count). The second-order valence-corrected chi connectivity index (χ2v) is 4.43. The first-order valence-corrected chi connectivity index (χ1v) is 6.14. The maximum Gasteiger partial charge on any atom is 0.307 e. The van der Waals surface area contributed by atoms with E-state index in [0.29, 0.717) is 0 Å². The minimum absolute atomic E-state index is 0.0443. The summed E-state index contributed by atoms with van der Waals surface area (Å²) in [4.78, 5) is 10.8. The molecule has 2 N–H and O–H groups in total. The van der Waals surface area contributed by atoms with E-state index in [2.05, 4.69) is 5.32 Å². The van der Waals surface area contributed by atoms with Gasteiger partial charge in [0.15, 0.2) is 0 Å². The first-order chi connectivity index (χ1) is 8.56. The third kappa shape index (κ3) is 4.04. The lowest BCUT2D eigenvalue weighted by Crippen LogP contribution is -2.37. The molecule has 0 aliphatic carbocycles. The number of carboxylic acids is 1. The summed E-state index contributed by atoms with van der Waals surface area (Å²) in [6.07, 6.45) is 0.820. The highest BCUT2D eigenvalue weighted by Crippen LogP contribution is 2.17. The molecule has 0 saturated heterocycles. The quantitative estimate of drug-likeness (QED) is 0.777. The van der Waals surface area contributed by atoms with Gasteiger partial charge in [0.1, 0.15) is 5.75 Å². The number of carboxylic acid groups (broad SMARTS) is 1. The number of ether oxygens (including phenoxy) is 1. The van der Waals surface area contributed by atoms with Gasteiger partial charge in [-0.25, -0.2) is 0 Å². The number of nitrogens with one attached hydrogen (secondary N) is 1. The Kier molecular flexibility index (Phi) is 5.65. The summed E-state index contributed by atoms with van der Waals surface area (Å²) >= 11 is 0. The predicted octanol–water partition coefficient (Wildman–Crippen LogP) is 1.94. The number of hydrogen-bond acceptors (Lipinski definition) is 3. The number of hydrogen-bond donors (Lipinski definition) is 2. The van der Waals surface area contributed by atoms with E-state index in [1.54, 1.807) is 14.0 Å². The highest BCUT2D eigenvalue weighted by atomic mass is 16.5. The van der Waals surface area contributed by atoms with E-state index in [0.717, 1.165) is 24.3 Å². The van der Waals surface area contributed by atoms with E-state index >= 15 is 0 Å². The Hall–Kier alpha value is -1.55. The zero-order valence-electron chi connectivity index (χ0n) is 11.1. The van der Waals surface area contributed by atoms with Crippen LogP contribution in [-0.4, -0.2) is 30.8 Å². The van der Waals surface area contributed by atoms with E-state index in [4.69, 9.17) is 9.84 Å². The van der Waals surface area contributed by atoms with Crippen LogP contribution in [0.3, 0.4) is 0 Å². The van der Waals surface area contributed by atoms with Crippen LogP contribution in [0.5, 0.6) is 5.75 Å². The van der Waals surface area contributed by atoms with Crippen LogP contribution in [0.2, 0.25) is 0 Å². The SMILES string of the molecule is COc1ccccc1CCNC(C)C(C)C(=O)O. The Morgan fingerprint density at radius 1 is 1.39 bits per heavy atom. The van der Waals surface area contributed by atoms with Crippen LogP contribution in [0, 0.1) is 5.92 Å². The molecule has 0 aliphatic rings. The van der Waals surface area contributed by atoms with Crippen LogP contribution in [0.4, 0.5) is 0 Å². The minimum atomic E-state index is -0.771. The predicted molar refractivity (Wildman–Crippen MR) is 71.0 cm³/mol. The van der Waals surface area contributed by atoms with Crippen molar-refractivity contribution in [3.8, 4) is 5.75 Å². The fraction of sp³-hybridized carbons (Fsp3) is 0.500. The summed E-state index contributed by atoms with van der Waals surface area (Å²) in [6.45, 7) is 4.34. The third-order valence-corrected chi connectivity index (χ3v) is 3.19. The van der Waals surface area contributed by atoms with Gasteiger partial charge in [-0.05, 0) is 31.5 Å². The molecule has 0 radical (unpaired) electrons. The van der Waals surface area contributed by atoms with Crippen molar-refractivity contribution in [1.29, 1.82) is 0 Å². The van der Waals surface area contributed by atoms with E-state index in [1.165, 1.54) is 0 Å². The van der Waals surface area contributed by atoms with Crippen LogP contribution in [0.1, 0.15) is 19.4 Å². The van der Waals surface area contributed by atoms with Crippen molar-refractivity contribution in [2.45, 2.75) is 26.3 Å². The van der Waals surface area contributed by atoms with Gasteiger partial charge in [-0.3, -0.25) is 4.79 Å². The molecule has 0 amide bonds. The molecule has 1 aromatic rings. The molecule has 0 aliphatic heterocycles. The third-order valence-electron chi connectivity index (χ3n) is 3.19. The van der Waals surface area contributed by atoms with Crippen molar-refractivity contribution in [3.63, 3.8) is 0 Å². The molecule has 0 saturated carbocycles. The van der Waals surface area contributed by atoms with Crippen LogP contribution < -0.4 is 10.1 Å². The van der Waals surface area contributed by atoms with Crippen LogP contribution >= 0.6 is 0 Å². The lowest BCUT2D eigenvalue weighted by Gasteiger charge is -2.18. The molecule has 0 heterocycles. The fourth-order valence-electron chi connectivity index (χ4n) is 1.73. The lowest BCUT2D eigenvalue weighted by atomic mass is 10.0. The lowest BCUT2D eigenvalue weighted by molar-refractivity contribution is -0.141. The van der Waals surface area contributed by atoms with Crippen molar-refractivity contribution < 1.29 is 14.6 Å². The molecule has 0 spiro atoms. The van der Waals surface area contributed by atoms with Crippen molar-refractivity contribution in [2.24, 2.45) is 5.92 Å². The van der Waals surface area contributed by atoms with E-state index in [1.807, 2.05) is 31.2 Å². The van der Waals surface area contributed by atoms with Gasteiger partial charge in [-0.2, -0.15) is 0 Å². The second kappa shape index (κ2) is 7.01. The van der Waals surface area contributed by atoms with Crippen LogP contribution in [-0.2, 0) is 11.2 Å². The minimum Gasteiger partial charge on any atom is -0.496 e. The van der Waals surface area contributed by atoms with Gasteiger partial charge < -0.3 is 15.2 Å². The largest absolute Gasteiger partial charge is 0.496 e. The molecule has 4 heteroatoms. The summed E-state index contributed by atoms with van der Waals surface area (Å²) < 4.78 is 5.27. The Morgan fingerprint density at radius 2 is 2.06 bits per heavy atom. The van der Waals surface area contributed by atoms with Gasteiger partial charge in [0, 0.05) is 6.04 Å². The summed E-state index contributed by atoms with van der Waals surface area (Å²) in [5.74, 6) is -0.284. The highest BCUT2D eigenvalue weighted by molar-refractivity contribution is 5.70. The fourth-order valence-corrected chi connectivity index (χ4v) is 1.73. The maximum absolute atomic E-state index is 10.8. The van der Waals surface area contributed by atoms with Gasteiger partial charge in [-0.15, -0.1) is 0 Å². The molecule has 0 bridgehead atoms. The normalized spacial score (nSPS) is 13.9. The van der Waals surface area contributed by atoms with E-state index in [9.17, 15) is 4.79 Å². The van der Waals surface area contributed by atoms with Crippen molar-refractivity contribution in [1.82, 2.24) is 5.32 Å². The molecule has 0 fully saturated rings. The zero-order valence-corrected chi connectivity index (χ0v) is 11.1. The maximum atomic E-state index is 10.8. The first kappa shape index (κ1) is 14.5. The molecule has 4 nitrogen and oxygen atoms in total. The van der Waals surface area contributed by atoms with E-state index in [-0.39, 0.29) is 12.0 Å². The second-order valence-electron chi connectivity index (χ2n) is 4.43. The number of rotatable bonds is 7. The molecular weight excluding hydrogens is 230 g/mol. The number of benzene rings is 1. The van der Waals surface area contributed by atoms with E-state index < -0.39 is 5.97 Å². The monoisotopic (exact) mass is 251 g/mol. The summed E-state index contributed by atoms with van der Waals surface area (Å²) in [5, 5.41) is 12.1. The molecule has 100 valence electrons. The van der Waals surface area contributed by atoms with Crippen molar-refractivity contribution in [3.05, 3.63) is 29.8 Å². The molecule has 2 atom stereocenters. The topological polar surface area (TPSA) is 58.6 Å². The van der Waals surface area contributed by atoms with Gasteiger partial charge in [0.25, 0.3) is 0 Å². The average Bonchev–Trinajstić information content (AvgIpc) is 2.38. The Bertz CT molecular complexity index is 392. The van der Waals surface area contributed by atoms with Crippen molar-refractivity contribution in [2.75, 3.05) is 13.7 Å². The standard InChI is InChI=1S/C14H21NO3/c1-10(14(16)17)11(2)15-9-8-12-6-4-5-7-13(12)18-3/h4-7,10-11,15H,8-9H2,1-3H3,(H,16,17). The zero-order chi connectivity index (χ0) is 13.5. The van der Waals surface area contributed by atoms with Gasteiger partial charge in [-0.1, -0.05) is 25.1 Å². The Morgan fingerprint density at radius 3 is 2.67 bits per heavy atom. The Labute approximate surface area is 108 Å². The van der Waals surface area contributed by atoms with Gasteiger partial charge >= 0.3 is 5.97 Å². The number of aliphatic carboxylic acids is 1. The highest BCUT2D eigenvalue weighted by Gasteiger charge is 2.18. The summed E-state index contributed by atoms with van der Waals surface area (Å²) in [7, 11) is 1.65. The molecule has 2 unspecified atom stereocenters. The smallest absolute Gasteiger partial charge is 0.307 e. The first-order valence-electron chi connectivity index (χ1n) is 6.14. The van der Waals surface area contributed by atoms with Crippen molar-refractivity contribution >= 4 is 5.97 Å². The number of carbonyl (C=O) groups is 1. The average molecular weight is 251 g/mol. The van der Waals surface area contributed by atoms with Gasteiger partial charge in [0.2, 0.25) is 0 Å². The van der Waals surface area contributed by atoms with Crippen LogP contribution in [0.25, 0.3) is 0 Å². The van der Waals surface area contributed by atoms with Crippen LogP contribution in [0.15, 0.2) is 24.3 Å².